The van der Waals surface area contributed by atoms with Gasteiger partial charge in [-0.25, -0.2) is 14.6 Å². The molecule has 2 saturated heterocycles. The molecule has 9 heteroatoms. The average Bonchev–Trinajstić information content (AvgIpc) is 3.82. The molecule has 4 bridgehead atoms. The van der Waals surface area contributed by atoms with Crippen LogP contribution in [-0.2, 0) is 4.79 Å². The van der Waals surface area contributed by atoms with E-state index in [2.05, 4.69) is 19.5 Å². The van der Waals surface area contributed by atoms with E-state index in [-0.39, 0.29) is 6.04 Å². The number of aromatic nitrogens is 4. The Hall–Kier alpha value is -3.98. The van der Waals surface area contributed by atoms with Gasteiger partial charge in [-0.2, -0.15) is 5.10 Å². The second-order valence-corrected chi connectivity index (χ2v) is 17.0. The van der Waals surface area contributed by atoms with Crippen LogP contribution in [0.5, 0.6) is 11.5 Å². The van der Waals surface area contributed by atoms with E-state index >= 15 is 0 Å². The molecule has 2 aromatic carbocycles. The molecule has 2 N–H and O–H groups in total. The van der Waals surface area contributed by atoms with E-state index < -0.39 is 0 Å². The number of benzene rings is 2. The van der Waals surface area contributed by atoms with Gasteiger partial charge in [-0.05, 0) is 136 Å². The third kappa shape index (κ3) is 5.47. The number of ether oxygens (including phenoxy) is 1. The van der Waals surface area contributed by atoms with Crippen LogP contribution in [0.25, 0.3) is 22.3 Å². The molecular weight excluding hydrogens is 622 g/mol. The smallest absolute Gasteiger partial charge is 0.223 e. The minimum atomic E-state index is 0.260. The molecule has 9 nitrogen and oxygen atoms in total. The Morgan fingerprint density at radius 1 is 0.800 bits per heavy atom. The summed E-state index contributed by atoms with van der Waals surface area (Å²) in [6.45, 7) is 4.11. The summed E-state index contributed by atoms with van der Waals surface area (Å²) in [6, 6.07) is 18.7. The molecule has 260 valence electrons. The number of rotatable bonds is 7. The zero-order chi connectivity index (χ0) is 33.4. The molecule has 0 spiro atoms. The third-order valence-electron chi connectivity index (χ3n) is 13.8. The fourth-order valence-electron chi connectivity index (χ4n) is 12.0. The summed E-state index contributed by atoms with van der Waals surface area (Å²) in [5, 5.41) is 5.97. The lowest BCUT2D eigenvalue weighted by Gasteiger charge is -2.57. The summed E-state index contributed by atoms with van der Waals surface area (Å²) < 4.78 is 8.14. The molecule has 5 aliphatic carbocycles. The van der Waals surface area contributed by atoms with Crippen molar-refractivity contribution < 1.29 is 9.53 Å². The van der Waals surface area contributed by atoms with Gasteiger partial charge < -0.3 is 20.3 Å². The Morgan fingerprint density at radius 2 is 1.44 bits per heavy atom. The van der Waals surface area contributed by atoms with E-state index in [9.17, 15) is 4.79 Å². The van der Waals surface area contributed by atoms with Crippen molar-refractivity contribution in [2.75, 3.05) is 31.9 Å². The first kappa shape index (κ1) is 30.8. The maximum Gasteiger partial charge on any atom is 0.223 e. The monoisotopic (exact) mass is 671 g/mol. The number of likely N-dealkylation sites (tertiary alicyclic amines) is 2. The molecule has 1 amide bonds. The van der Waals surface area contributed by atoms with Crippen LogP contribution in [0.3, 0.4) is 0 Å². The Morgan fingerprint density at radius 3 is 2.10 bits per heavy atom. The fraction of sp³-hybridized carbons (Fsp3) is 0.561. The normalized spacial score (nSPS) is 32.2. The first-order valence-electron chi connectivity index (χ1n) is 19.3. The maximum atomic E-state index is 13.7. The number of nitrogens with zero attached hydrogens (tertiary/aromatic N) is 6. The van der Waals surface area contributed by atoms with Crippen molar-refractivity contribution in [3.8, 4) is 22.8 Å². The van der Waals surface area contributed by atoms with E-state index in [0.717, 1.165) is 97.0 Å². The van der Waals surface area contributed by atoms with Crippen LogP contribution >= 0.6 is 0 Å². The molecule has 50 heavy (non-hydrogen) atoms. The average molecular weight is 672 g/mol. The van der Waals surface area contributed by atoms with Crippen LogP contribution in [0.15, 0.2) is 60.9 Å². The van der Waals surface area contributed by atoms with Gasteiger partial charge in [0.1, 0.15) is 29.3 Å². The molecule has 4 aromatic rings. The van der Waals surface area contributed by atoms with Gasteiger partial charge in [-0.1, -0.05) is 18.2 Å². The number of carbonyl (C=O) groups is 1. The van der Waals surface area contributed by atoms with Crippen molar-refractivity contribution in [1.29, 1.82) is 0 Å². The van der Waals surface area contributed by atoms with Crippen LogP contribution in [0.4, 0.5) is 5.82 Å². The zero-order valence-electron chi connectivity index (χ0n) is 29.0. The molecule has 1 unspecified atom stereocenters. The first-order valence-corrected chi connectivity index (χ1v) is 19.3. The van der Waals surface area contributed by atoms with E-state index in [1.54, 1.807) is 6.33 Å². The van der Waals surface area contributed by atoms with Crippen molar-refractivity contribution in [2.24, 2.45) is 35.0 Å². The molecule has 7 aliphatic rings. The van der Waals surface area contributed by atoms with Gasteiger partial charge in [0.15, 0.2) is 5.65 Å². The van der Waals surface area contributed by atoms with Crippen LogP contribution in [0, 0.1) is 35.0 Å². The minimum Gasteiger partial charge on any atom is -0.457 e. The second kappa shape index (κ2) is 12.1. The number of hydrogen-bond donors (Lipinski definition) is 1. The quantitative estimate of drug-likeness (QED) is 0.219. The molecule has 7 fully saturated rings. The van der Waals surface area contributed by atoms with Crippen molar-refractivity contribution in [2.45, 2.75) is 82.7 Å². The van der Waals surface area contributed by atoms with Gasteiger partial charge in [0.05, 0.1) is 11.4 Å². The highest BCUT2D eigenvalue weighted by Crippen LogP contribution is 2.61. The summed E-state index contributed by atoms with van der Waals surface area (Å²) in [6.07, 6.45) is 15.3. The Labute approximate surface area is 294 Å². The highest BCUT2D eigenvalue weighted by Gasteiger charge is 2.53. The van der Waals surface area contributed by atoms with E-state index in [0.29, 0.717) is 35.0 Å². The summed E-state index contributed by atoms with van der Waals surface area (Å²) in [5.74, 6) is 6.58. The lowest BCUT2D eigenvalue weighted by molar-refractivity contribution is -0.138. The Balaban J connectivity index is 0.774. The van der Waals surface area contributed by atoms with Gasteiger partial charge >= 0.3 is 0 Å². The van der Waals surface area contributed by atoms with Gasteiger partial charge in [0.2, 0.25) is 5.91 Å². The molecule has 5 saturated carbocycles. The summed E-state index contributed by atoms with van der Waals surface area (Å²) in [7, 11) is 0. The molecule has 0 radical (unpaired) electrons. The second-order valence-electron chi connectivity index (χ2n) is 17.0. The molecule has 4 heterocycles. The highest BCUT2D eigenvalue weighted by molar-refractivity contribution is 5.98. The van der Waals surface area contributed by atoms with Gasteiger partial charge in [-0.3, -0.25) is 4.79 Å². The lowest BCUT2D eigenvalue weighted by atomic mass is 9.49. The Kier molecular flexibility index (Phi) is 7.44. The Bertz CT molecular complexity index is 1830. The van der Waals surface area contributed by atoms with Crippen molar-refractivity contribution >= 4 is 22.8 Å². The van der Waals surface area contributed by atoms with Crippen molar-refractivity contribution in [3.05, 3.63) is 60.9 Å². The predicted molar refractivity (Wildman–Crippen MR) is 193 cm³/mol. The van der Waals surface area contributed by atoms with Crippen LogP contribution in [-0.4, -0.2) is 67.7 Å². The number of fused-ring (bicyclic) bond motifs is 2. The van der Waals surface area contributed by atoms with Gasteiger partial charge in [0.25, 0.3) is 0 Å². The summed E-state index contributed by atoms with van der Waals surface area (Å²) in [4.78, 5) is 27.7. The summed E-state index contributed by atoms with van der Waals surface area (Å²) in [5.41, 5.74) is 9.40. The standard InChI is InChI=1S/C41H49N7O2/c42-39-37-38(29-6-8-35(9-7-29)50-34-4-2-1-3-5-34)45-48(40(37)44-25-43-39)32-10-12-46(13-11-32)33-17-30-23-47(24-31(30)18-33)36(49)22-41-19-26-14-27(20-41)16-28(15-26)21-41/h1-9,25-28,30-33H,10-24H2,(H2,42,43,44)/t26?,27?,28?,30-,31+,33?,41?. The van der Waals surface area contributed by atoms with Gasteiger partial charge in [-0.15, -0.1) is 0 Å². The van der Waals surface area contributed by atoms with Crippen LogP contribution in [0.2, 0.25) is 0 Å². The van der Waals surface area contributed by atoms with Crippen LogP contribution < -0.4 is 10.5 Å². The number of nitrogens with two attached hydrogens (primary N) is 1. The summed E-state index contributed by atoms with van der Waals surface area (Å²) >= 11 is 0. The molecule has 3 atom stereocenters. The van der Waals surface area contributed by atoms with E-state index in [4.69, 9.17) is 20.6 Å². The first-order chi connectivity index (χ1) is 24.4. The van der Waals surface area contributed by atoms with E-state index in [1.807, 2.05) is 54.6 Å². The molecular formula is C41H49N7O2. The minimum absolute atomic E-state index is 0.260. The highest BCUT2D eigenvalue weighted by atomic mass is 16.5. The third-order valence-corrected chi connectivity index (χ3v) is 13.8. The van der Waals surface area contributed by atoms with Crippen LogP contribution in [0.1, 0.15) is 76.7 Å². The maximum absolute atomic E-state index is 13.7. The topological polar surface area (TPSA) is 102 Å². The lowest BCUT2D eigenvalue weighted by Crippen LogP contribution is -2.48. The fourth-order valence-corrected chi connectivity index (χ4v) is 12.0. The zero-order valence-corrected chi connectivity index (χ0v) is 29.0. The predicted octanol–water partition coefficient (Wildman–Crippen LogP) is 7.35. The van der Waals surface area contributed by atoms with E-state index in [1.165, 1.54) is 51.4 Å². The number of hydrogen-bond acceptors (Lipinski definition) is 7. The van der Waals surface area contributed by atoms with Crippen molar-refractivity contribution in [3.63, 3.8) is 0 Å². The van der Waals surface area contributed by atoms with Gasteiger partial charge in [0, 0.05) is 44.2 Å². The molecule has 2 aliphatic heterocycles. The molecule has 11 rings (SSSR count). The molecule has 2 aromatic heterocycles. The largest absolute Gasteiger partial charge is 0.457 e. The number of amides is 1. The number of carbonyl (C=O) groups excluding carboxylic acids is 1. The van der Waals surface area contributed by atoms with Crippen molar-refractivity contribution in [1.82, 2.24) is 29.5 Å². The number of piperidine rings is 1. The number of para-hydroxylation sites is 1. The number of nitrogen functional groups attached to an aromatic ring is 1. The SMILES string of the molecule is Nc1ncnc2c1c(-c1ccc(Oc3ccccc3)cc1)nn2C1CCN(C2C[C@@H]3CN(C(=O)CC45CC6CC(CC(C6)C4)C5)C[C@@H]3C2)CC1. The number of anilines is 1.